The number of phenols is 1. The van der Waals surface area contributed by atoms with Gasteiger partial charge in [-0.15, -0.1) is 0 Å². The van der Waals surface area contributed by atoms with Crippen molar-refractivity contribution in [1.82, 2.24) is 20.1 Å². The van der Waals surface area contributed by atoms with Gasteiger partial charge in [0.2, 0.25) is 0 Å². The Morgan fingerprint density at radius 2 is 1.84 bits per heavy atom. The molecule has 6 nitrogen and oxygen atoms in total. The molecule has 0 aliphatic heterocycles. The molecule has 9 heteroatoms. The molecule has 0 bridgehead atoms. The summed E-state index contributed by atoms with van der Waals surface area (Å²) in [6.45, 7) is 1.93. The highest BCUT2D eigenvalue weighted by atomic mass is 19.3. The average molecular weight is 509 g/mol. The van der Waals surface area contributed by atoms with Crippen molar-refractivity contribution in [2.24, 2.45) is 5.92 Å². The number of carbonyl (C=O) groups is 1. The third-order valence-corrected chi connectivity index (χ3v) is 5.96. The van der Waals surface area contributed by atoms with E-state index in [0.717, 1.165) is 11.3 Å². The van der Waals surface area contributed by atoms with Crippen molar-refractivity contribution in [3.05, 3.63) is 90.1 Å². The molecule has 0 aliphatic rings. The Labute approximate surface area is 212 Å². The molecule has 2 aromatic heterocycles. The van der Waals surface area contributed by atoms with Crippen LogP contribution in [0.25, 0.3) is 22.4 Å². The van der Waals surface area contributed by atoms with Gasteiger partial charge in [-0.2, -0.15) is 5.10 Å². The molecule has 0 radical (unpaired) electrons. The molecule has 37 heavy (non-hydrogen) atoms. The van der Waals surface area contributed by atoms with Crippen molar-refractivity contribution in [1.29, 1.82) is 0 Å². The second kappa shape index (κ2) is 11.7. The number of rotatable bonds is 10. The molecule has 2 heterocycles. The summed E-state index contributed by atoms with van der Waals surface area (Å²) in [5.41, 5.74) is 3.56. The predicted octanol–water partition coefficient (Wildman–Crippen LogP) is 5.72. The number of carbonyl (C=O) groups excluding carboxylic acids is 1. The van der Waals surface area contributed by atoms with Gasteiger partial charge in [-0.3, -0.25) is 14.5 Å². The van der Waals surface area contributed by atoms with E-state index in [9.17, 15) is 23.1 Å². The first-order chi connectivity index (χ1) is 17.8. The highest BCUT2D eigenvalue weighted by molar-refractivity contribution is 5.96. The quantitative estimate of drug-likeness (QED) is 0.287. The number of aromatic hydroxyl groups is 1. The molecular formula is C28H27F3N4O2. The Morgan fingerprint density at radius 3 is 2.57 bits per heavy atom. The van der Waals surface area contributed by atoms with Gasteiger partial charge < -0.3 is 10.4 Å². The first-order valence-electron chi connectivity index (χ1n) is 11.9. The summed E-state index contributed by atoms with van der Waals surface area (Å²) in [5, 5.41) is 17.0. The fourth-order valence-electron chi connectivity index (χ4n) is 4.10. The zero-order valence-corrected chi connectivity index (χ0v) is 20.2. The Bertz CT molecular complexity index is 1360. The van der Waals surface area contributed by atoms with Crippen LogP contribution in [0.1, 0.15) is 29.4 Å². The maximum absolute atomic E-state index is 13.4. The summed E-state index contributed by atoms with van der Waals surface area (Å²) >= 11 is 0. The lowest BCUT2D eigenvalue weighted by Crippen LogP contribution is -2.26. The topological polar surface area (TPSA) is 80.0 Å². The first-order valence-corrected chi connectivity index (χ1v) is 11.9. The van der Waals surface area contributed by atoms with Crippen molar-refractivity contribution < 1.29 is 23.1 Å². The lowest BCUT2D eigenvalue weighted by Gasteiger charge is -2.13. The zero-order valence-electron chi connectivity index (χ0n) is 20.2. The summed E-state index contributed by atoms with van der Waals surface area (Å²) in [5.74, 6) is -0.606. The standard InChI is InChI=1S/C28H27F3N4O2/c1-18(10-12-33-28(37)23-4-2-3-5-25(23)36)14-22-15-20(11-13-32-22)24-16-35(17-26(30)31)34-27(24)19-6-8-21(29)9-7-19/h2-9,11,13,15-16,18,26,36H,10,12,14,17H2,1H3,(H,33,37). The summed E-state index contributed by atoms with van der Waals surface area (Å²) in [7, 11) is 0. The lowest BCUT2D eigenvalue weighted by molar-refractivity contribution is 0.0949. The molecule has 0 aliphatic carbocycles. The number of nitrogens with zero attached hydrogens (tertiary/aromatic N) is 3. The molecule has 0 saturated carbocycles. The molecule has 2 N–H and O–H groups in total. The summed E-state index contributed by atoms with van der Waals surface area (Å²) in [6, 6.07) is 15.8. The molecule has 4 rings (SSSR count). The van der Waals surface area contributed by atoms with E-state index in [1.54, 1.807) is 48.8 Å². The lowest BCUT2D eigenvalue weighted by atomic mass is 9.98. The predicted molar refractivity (Wildman–Crippen MR) is 135 cm³/mol. The van der Waals surface area contributed by atoms with E-state index < -0.39 is 18.8 Å². The van der Waals surface area contributed by atoms with E-state index in [4.69, 9.17) is 0 Å². The van der Waals surface area contributed by atoms with E-state index in [1.165, 1.54) is 22.9 Å². The van der Waals surface area contributed by atoms with Gasteiger partial charge in [-0.25, -0.2) is 13.2 Å². The van der Waals surface area contributed by atoms with Gasteiger partial charge in [0.05, 0.1) is 5.56 Å². The monoisotopic (exact) mass is 508 g/mol. The number of alkyl halides is 2. The van der Waals surface area contributed by atoms with Gasteiger partial charge in [-0.05, 0) is 72.9 Å². The van der Waals surface area contributed by atoms with Gasteiger partial charge in [0.15, 0.2) is 0 Å². The van der Waals surface area contributed by atoms with Crippen molar-refractivity contribution in [2.45, 2.75) is 32.7 Å². The molecule has 0 saturated heterocycles. The fourth-order valence-corrected chi connectivity index (χ4v) is 4.10. The highest BCUT2D eigenvalue weighted by Crippen LogP contribution is 2.32. The molecule has 192 valence electrons. The van der Waals surface area contributed by atoms with E-state index in [2.05, 4.69) is 15.4 Å². The average Bonchev–Trinajstić information content (AvgIpc) is 3.28. The Hall–Kier alpha value is -4.14. The number of benzene rings is 2. The molecule has 1 unspecified atom stereocenters. The molecule has 1 amide bonds. The number of nitrogens with one attached hydrogen (secondary N) is 1. The fraction of sp³-hybridized carbons (Fsp3) is 0.250. The van der Waals surface area contributed by atoms with E-state index >= 15 is 0 Å². The third kappa shape index (κ3) is 6.75. The molecular weight excluding hydrogens is 481 g/mol. The van der Waals surface area contributed by atoms with Crippen LogP contribution in [-0.4, -0.2) is 38.7 Å². The zero-order chi connectivity index (χ0) is 26.4. The smallest absolute Gasteiger partial charge is 0.257 e. The van der Waals surface area contributed by atoms with Crippen LogP contribution in [0.3, 0.4) is 0 Å². The Balaban J connectivity index is 1.46. The normalized spacial score (nSPS) is 12.0. The Morgan fingerprint density at radius 1 is 1.08 bits per heavy atom. The van der Waals surface area contributed by atoms with Crippen molar-refractivity contribution in [3.63, 3.8) is 0 Å². The second-order valence-electron chi connectivity index (χ2n) is 8.92. The van der Waals surface area contributed by atoms with E-state index in [0.29, 0.717) is 36.2 Å². The van der Waals surface area contributed by atoms with Crippen LogP contribution >= 0.6 is 0 Å². The van der Waals surface area contributed by atoms with Crippen LogP contribution in [-0.2, 0) is 13.0 Å². The van der Waals surface area contributed by atoms with Crippen molar-refractivity contribution >= 4 is 5.91 Å². The number of hydrogen-bond acceptors (Lipinski definition) is 4. The highest BCUT2D eigenvalue weighted by Gasteiger charge is 2.17. The Kier molecular flexibility index (Phi) is 8.22. The molecule has 0 spiro atoms. The van der Waals surface area contributed by atoms with Crippen LogP contribution in [0, 0.1) is 11.7 Å². The van der Waals surface area contributed by atoms with Crippen LogP contribution in [0.15, 0.2) is 73.1 Å². The molecule has 2 aromatic carbocycles. The first kappa shape index (κ1) is 25.9. The number of amides is 1. The van der Waals surface area contributed by atoms with Gasteiger partial charge >= 0.3 is 0 Å². The number of para-hydroxylation sites is 1. The number of halogens is 3. The van der Waals surface area contributed by atoms with Crippen LogP contribution < -0.4 is 5.32 Å². The minimum absolute atomic E-state index is 0.0639. The third-order valence-electron chi connectivity index (χ3n) is 5.96. The minimum atomic E-state index is -2.56. The summed E-state index contributed by atoms with van der Waals surface area (Å²) in [6.07, 6.45) is 2.00. The maximum Gasteiger partial charge on any atom is 0.257 e. The number of phenolic OH excluding ortho intramolecular Hbond substituents is 1. The van der Waals surface area contributed by atoms with E-state index in [1.807, 2.05) is 13.0 Å². The van der Waals surface area contributed by atoms with Gasteiger partial charge in [0.25, 0.3) is 12.3 Å². The SMILES string of the molecule is CC(CCNC(=O)c1ccccc1O)Cc1cc(-c2cn(CC(F)F)nc2-c2ccc(F)cc2)ccn1. The second-order valence-corrected chi connectivity index (χ2v) is 8.92. The van der Waals surface area contributed by atoms with Crippen molar-refractivity contribution in [3.8, 4) is 28.1 Å². The molecule has 1 atom stereocenters. The maximum atomic E-state index is 13.4. The van der Waals surface area contributed by atoms with Crippen LogP contribution in [0.5, 0.6) is 5.75 Å². The van der Waals surface area contributed by atoms with E-state index in [-0.39, 0.29) is 23.1 Å². The van der Waals surface area contributed by atoms with Gasteiger partial charge in [0.1, 0.15) is 23.8 Å². The number of hydrogen-bond donors (Lipinski definition) is 2. The molecule has 4 aromatic rings. The van der Waals surface area contributed by atoms with Crippen molar-refractivity contribution in [2.75, 3.05) is 6.54 Å². The summed E-state index contributed by atoms with van der Waals surface area (Å²) < 4.78 is 40.7. The molecule has 0 fully saturated rings. The van der Waals surface area contributed by atoms with Gasteiger partial charge in [0, 0.05) is 35.8 Å². The number of aromatic nitrogens is 3. The van der Waals surface area contributed by atoms with Crippen LogP contribution in [0.2, 0.25) is 0 Å². The minimum Gasteiger partial charge on any atom is -0.507 e. The van der Waals surface area contributed by atoms with Crippen LogP contribution in [0.4, 0.5) is 13.2 Å². The number of pyridine rings is 1. The summed E-state index contributed by atoms with van der Waals surface area (Å²) in [4.78, 5) is 16.7. The largest absolute Gasteiger partial charge is 0.507 e. The van der Waals surface area contributed by atoms with Gasteiger partial charge in [-0.1, -0.05) is 19.1 Å².